The summed E-state index contributed by atoms with van der Waals surface area (Å²) >= 11 is 3.53. The van der Waals surface area contributed by atoms with Crippen molar-refractivity contribution in [2.45, 2.75) is 13.8 Å². The number of rotatable bonds is 6. The molecule has 112 valence electrons. The Hall–Kier alpha value is -1.66. The van der Waals surface area contributed by atoms with Gasteiger partial charge in [-0.25, -0.2) is 9.97 Å². The maximum absolute atomic E-state index is 5.02. The lowest BCUT2D eigenvalue weighted by Crippen LogP contribution is -2.10. The Morgan fingerprint density at radius 1 is 1.14 bits per heavy atom. The molecule has 0 amide bonds. The minimum Gasteiger partial charge on any atom is -0.383 e. The Morgan fingerprint density at radius 2 is 1.90 bits per heavy atom. The molecule has 2 N–H and O–H groups in total. The molecule has 0 saturated carbocycles. The van der Waals surface area contributed by atoms with E-state index in [-0.39, 0.29) is 0 Å². The van der Waals surface area contributed by atoms with Crippen LogP contribution < -0.4 is 10.6 Å². The average Bonchev–Trinajstić information content (AvgIpc) is 2.43. The van der Waals surface area contributed by atoms with Crippen molar-refractivity contribution in [1.29, 1.82) is 0 Å². The Morgan fingerprint density at radius 3 is 2.62 bits per heavy atom. The standard InChI is InChI=1S/C15H19BrN4O/c1-10-4-5-12(8-13(10)16)20-15-9-14(17-6-7-21-3)18-11(2)19-15/h4-5,8-9H,6-7H2,1-3H3,(H2,17,18,19,20). The number of benzene rings is 1. The normalized spacial score (nSPS) is 10.5. The Bertz CT molecular complexity index is 619. The molecular formula is C15H19BrN4O. The summed E-state index contributed by atoms with van der Waals surface area (Å²) in [6, 6.07) is 8.00. The predicted molar refractivity (Wildman–Crippen MR) is 89.3 cm³/mol. The number of nitrogens with one attached hydrogen (secondary N) is 2. The Balaban J connectivity index is 2.13. The van der Waals surface area contributed by atoms with Crippen LogP contribution in [0.4, 0.5) is 17.3 Å². The van der Waals surface area contributed by atoms with Crippen molar-refractivity contribution in [3.63, 3.8) is 0 Å². The molecule has 1 aromatic carbocycles. The number of ether oxygens (including phenoxy) is 1. The van der Waals surface area contributed by atoms with Crippen LogP contribution in [0.2, 0.25) is 0 Å². The van der Waals surface area contributed by atoms with Crippen molar-refractivity contribution < 1.29 is 4.74 Å². The predicted octanol–water partition coefficient (Wildman–Crippen LogP) is 3.66. The third-order valence-electron chi connectivity index (χ3n) is 2.89. The van der Waals surface area contributed by atoms with E-state index < -0.39 is 0 Å². The first kappa shape index (κ1) is 15.7. The zero-order valence-corrected chi connectivity index (χ0v) is 14.0. The molecule has 0 aliphatic heterocycles. The molecular weight excluding hydrogens is 332 g/mol. The summed E-state index contributed by atoms with van der Waals surface area (Å²) in [6.07, 6.45) is 0. The van der Waals surface area contributed by atoms with Gasteiger partial charge in [0.25, 0.3) is 0 Å². The molecule has 0 saturated heterocycles. The summed E-state index contributed by atoms with van der Waals surface area (Å²) in [4.78, 5) is 8.75. The van der Waals surface area contributed by atoms with Crippen LogP contribution in [0.1, 0.15) is 11.4 Å². The first-order valence-electron chi connectivity index (χ1n) is 6.70. The lowest BCUT2D eigenvalue weighted by molar-refractivity contribution is 0.210. The van der Waals surface area contributed by atoms with Gasteiger partial charge in [0, 0.05) is 29.9 Å². The van der Waals surface area contributed by atoms with Gasteiger partial charge in [-0.2, -0.15) is 0 Å². The van der Waals surface area contributed by atoms with Crippen molar-refractivity contribution in [2.75, 3.05) is 30.9 Å². The van der Waals surface area contributed by atoms with Gasteiger partial charge in [0.15, 0.2) is 0 Å². The van der Waals surface area contributed by atoms with Crippen molar-refractivity contribution in [3.8, 4) is 0 Å². The maximum Gasteiger partial charge on any atom is 0.136 e. The highest BCUT2D eigenvalue weighted by atomic mass is 79.9. The molecule has 0 unspecified atom stereocenters. The number of hydrogen-bond donors (Lipinski definition) is 2. The number of anilines is 3. The lowest BCUT2D eigenvalue weighted by atomic mass is 10.2. The minimum absolute atomic E-state index is 0.636. The molecule has 5 nitrogen and oxygen atoms in total. The minimum atomic E-state index is 0.636. The molecule has 2 rings (SSSR count). The number of aryl methyl sites for hydroxylation is 2. The van der Waals surface area contributed by atoms with E-state index in [2.05, 4.69) is 49.5 Å². The summed E-state index contributed by atoms with van der Waals surface area (Å²) in [5, 5.41) is 6.50. The third kappa shape index (κ3) is 4.68. The highest BCUT2D eigenvalue weighted by Gasteiger charge is 2.03. The molecule has 1 aromatic heterocycles. The summed E-state index contributed by atoms with van der Waals surface area (Å²) in [5.41, 5.74) is 2.18. The lowest BCUT2D eigenvalue weighted by Gasteiger charge is -2.11. The number of hydrogen-bond acceptors (Lipinski definition) is 5. The van der Waals surface area contributed by atoms with Crippen molar-refractivity contribution in [2.24, 2.45) is 0 Å². The first-order valence-corrected chi connectivity index (χ1v) is 7.49. The fourth-order valence-corrected chi connectivity index (χ4v) is 2.20. The van der Waals surface area contributed by atoms with Gasteiger partial charge >= 0.3 is 0 Å². The molecule has 0 atom stereocenters. The fourth-order valence-electron chi connectivity index (χ4n) is 1.82. The van der Waals surface area contributed by atoms with E-state index in [1.165, 1.54) is 5.56 Å². The highest BCUT2D eigenvalue weighted by molar-refractivity contribution is 9.10. The van der Waals surface area contributed by atoms with Crippen molar-refractivity contribution in [3.05, 3.63) is 40.1 Å². The van der Waals surface area contributed by atoms with Crippen LogP contribution in [-0.2, 0) is 4.74 Å². The summed E-state index contributed by atoms with van der Waals surface area (Å²) in [5.74, 6) is 2.26. The van der Waals surface area contributed by atoms with E-state index in [9.17, 15) is 0 Å². The van der Waals surface area contributed by atoms with Gasteiger partial charge in [0.05, 0.1) is 6.61 Å². The topological polar surface area (TPSA) is 59.1 Å². The van der Waals surface area contributed by atoms with E-state index in [1.54, 1.807) is 7.11 Å². The quantitative estimate of drug-likeness (QED) is 0.778. The van der Waals surface area contributed by atoms with Crippen molar-refractivity contribution >= 4 is 33.3 Å². The summed E-state index contributed by atoms with van der Waals surface area (Å²) in [6.45, 7) is 5.28. The number of halogens is 1. The molecule has 1 heterocycles. The van der Waals surface area contributed by atoms with E-state index in [0.717, 1.165) is 21.8 Å². The van der Waals surface area contributed by atoms with Crippen LogP contribution in [0.25, 0.3) is 0 Å². The Kier molecular flexibility index (Phi) is 5.52. The van der Waals surface area contributed by atoms with E-state index in [4.69, 9.17) is 4.74 Å². The second-order valence-electron chi connectivity index (χ2n) is 4.69. The van der Waals surface area contributed by atoms with E-state index in [1.807, 2.05) is 25.1 Å². The molecule has 21 heavy (non-hydrogen) atoms. The summed E-state index contributed by atoms with van der Waals surface area (Å²) in [7, 11) is 1.68. The Labute approximate surface area is 133 Å². The van der Waals surface area contributed by atoms with Crippen molar-refractivity contribution in [1.82, 2.24) is 9.97 Å². The van der Waals surface area contributed by atoms with Crippen LogP contribution in [0.3, 0.4) is 0 Å². The van der Waals surface area contributed by atoms with Crippen LogP contribution in [0, 0.1) is 13.8 Å². The molecule has 2 aromatic rings. The second-order valence-corrected chi connectivity index (χ2v) is 5.55. The molecule has 0 fully saturated rings. The van der Waals surface area contributed by atoms with E-state index >= 15 is 0 Å². The number of aromatic nitrogens is 2. The molecule has 0 aliphatic carbocycles. The van der Waals surface area contributed by atoms with Gasteiger partial charge in [-0.3, -0.25) is 0 Å². The smallest absolute Gasteiger partial charge is 0.136 e. The zero-order chi connectivity index (χ0) is 15.2. The largest absolute Gasteiger partial charge is 0.383 e. The van der Waals surface area contributed by atoms with Gasteiger partial charge in [-0.15, -0.1) is 0 Å². The molecule has 0 radical (unpaired) electrons. The monoisotopic (exact) mass is 350 g/mol. The van der Waals surface area contributed by atoms with Gasteiger partial charge in [0.2, 0.25) is 0 Å². The maximum atomic E-state index is 5.02. The fraction of sp³-hybridized carbons (Fsp3) is 0.333. The van der Waals surface area contributed by atoms with Gasteiger partial charge in [0.1, 0.15) is 17.5 Å². The van der Waals surface area contributed by atoms with Gasteiger partial charge in [-0.05, 0) is 31.5 Å². The molecule has 0 aliphatic rings. The third-order valence-corrected chi connectivity index (χ3v) is 3.75. The van der Waals surface area contributed by atoms with Gasteiger partial charge in [-0.1, -0.05) is 22.0 Å². The number of methoxy groups -OCH3 is 1. The molecule has 0 spiro atoms. The first-order chi connectivity index (χ1) is 10.1. The molecule has 6 heteroatoms. The average molecular weight is 351 g/mol. The summed E-state index contributed by atoms with van der Waals surface area (Å²) < 4.78 is 6.08. The van der Waals surface area contributed by atoms with Crippen LogP contribution in [0.5, 0.6) is 0 Å². The zero-order valence-electron chi connectivity index (χ0n) is 12.4. The highest BCUT2D eigenvalue weighted by Crippen LogP contribution is 2.23. The van der Waals surface area contributed by atoms with Crippen LogP contribution >= 0.6 is 15.9 Å². The molecule has 0 bridgehead atoms. The van der Waals surface area contributed by atoms with Crippen LogP contribution in [0.15, 0.2) is 28.7 Å². The van der Waals surface area contributed by atoms with Crippen LogP contribution in [-0.4, -0.2) is 30.2 Å². The van der Waals surface area contributed by atoms with E-state index in [0.29, 0.717) is 19.0 Å². The second kappa shape index (κ2) is 7.38. The number of nitrogens with zero attached hydrogens (tertiary/aromatic N) is 2. The SMILES string of the molecule is COCCNc1cc(Nc2ccc(C)c(Br)c2)nc(C)n1. The van der Waals surface area contributed by atoms with Gasteiger partial charge < -0.3 is 15.4 Å².